The molecule has 0 fully saturated rings. The molecule has 0 spiro atoms. The molecule has 4 heteroatoms. The number of rotatable bonds is 2. The van der Waals surface area contributed by atoms with Crippen molar-refractivity contribution in [3.63, 3.8) is 0 Å². The van der Waals surface area contributed by atoms with Gasteiger partial charge in [-0.15, -0.1) is 10.2 Å². The van der Waals surface area contributed by atoms with E-state index in [1.54, 1.807) is 0 Å². The molecule has 1 aromatic carbocycles. The summed E-state index contributed by atoms with van der Waals surface area (Å²) >= 11 is 5.92. The molecule has 3 nitrogen and oxygen atoms in total. The highest BCUT2D eigenvalue weighted by atomic mass is 35.5. The minimum absolute atomic E-state index is 0.384. The number of benzene rings is 1. The molecule has 1 aromatic heterocycles. The van der Waals surface area contributed by atoms with Gasteiger partial charge in [-0.1, -0.05) is 42.8 Å². The summed E-state index contributed by atoms with van der Waals surface area (Å²) in [5.41, 5.74) is 2.85. The van der Waals surface area contributed by atoms with Crippen LogP contribution in [0.4, 0.5) is 0 Å². The maximum Gasteiger partial charge on any atom is 0.159 e. The zero-order valence-corrected chi connectivity index (χ0v) is 9.07. The highest BCUT2D eigenvalue weighted by Crippen LogP contribution is 2.22. The summed E-state index contributed by atoms with van der Waals surface area (Å²) in [4.78, 5) is 3.89. The van der Waals surface area contributed by atoms with Crippen LogP contribution < -0.4 is 0 Å². The highest BCUT2D eigenvalue weighted by molar-refractivity contribution is 6.31. The summed E-state index contributed by atoms with van der Waals surface area (Å²) < 4.78 is 0. The van der Waals surface area contributed by atoms with E-state index >= 15 is 0 Å². The van der Waals surface area contributed by atoms with Crippen molar-refractivity contribution in [2.45, 2.75) is 13.3 Å². The van der Waals surface area contributed by atoms with Crippen LogP contribution in [0.15, 0.2) is 30.6 Å². The van der Waals surface area contributed by atoms with Gasteiger partial charge in [0.1, 0.15) is 12.0 Å². The number of nitrogens with zero attached hydrogens (tertiary/aromatic N) is 3. The van der Waals surface area contributed by atoms with E-state index in [2.05, 4.69) is 34.2 Å². The Morgan fingerprint density at radius 2 is 1.93 bits per heavy atom. The van der Waals surface area contributed by atoms with Crippen LogP contribution >= 0.6 is 11.6 Å². The van der Waals surface area contributed by atoms with E-state index in [9.17, 15) is 0 Å². The van der Waals surface area contributed by atoms with Gasteiger partial charge in [0.25, 0.3) is 0 Å². The topological polar surface area (TPSA) is 38.7 Å². The number of halogens is 1. The second-order valence-corrected chi connectivity index (χ2v) is 3.51. The SMILES string of the molecule is CCc1ccc(-c2nncnc2Cl)cc1. The lowest BCUT2D eigenvalue weighted by molar-refractivity contribution is 0.976. The van der Waals surface area contributed by atoms with Crippen LogP contribution in [0.2, 0.25) is 5.15 Å². The van der Waals surface area contributed by atoms with Crippen molar-refractivity contribution in [1.82, 2.24) is 15.2 Å². The van der Waals surface area contributed by atoms with Gasteiger partial charge in [0.05, 0.1) is 0 Å². The third-order valence-electron chi connectivity index (χ3n) is 2.21. The van der Waals surface area contributed by atoms with E-state index in [-0.39, 0.29) is 0 Å². The van der Waals surface area contributed by atoms with Crippen LogP contribution in [-0.2, 0) is 6.42 Å². The Morgan fingerprint density at radius 3 is 2.53 bits per heavy atom. The smallest absolute Gasteiger partial charge is 0.159 e. The Hall–Kier alpha value is -1.48. The molecule has 15 heavy (non-hydrogen) atoms. The summed E-state index contributed by atoms with van der Waals surface area (Å²) in [6.45, 7) is 2.12. The molecule has 0 N–H and O–H groups in total. The molecule has 0 aliphatic carbocycles. The van der Waals surface area contributed by atoms with Gasteiger partial charge in [-0.3, -0.25) is 0 Å². The normalized spacial score (nSPS) is 10.3. The minimum Gasteiger partial charge on any atom is -0.220 e. The van der Waals surface area contributed by atoms with Gasteiger partial charge in [-0.2, -0.15) is 0 Å². The van der Waals surface area contributed by atoms with Gasteiger partial charge in [0.15, 0.2) is 5.15 Å². The van der Waals surface area contributed by atoms with Gasteiger partial charge >= 0.3 is 0 Å². The Morgan fingerprint density at radius 1 is 1.20 bits per heavy atom. The van der Waals surface area contributed by atoms with Crippen LogP contribution in [0.1, 0.15) is 12.5 Å². The van der Waals surface area contributed by atoms with Crippen molar-refractivity contribution < 1.29 is 0 Å². The fourth-order valence-electron chi connectivity index (χ4n) is 1.34. The summed E-state index contributed by atoms with van der Waals surface area (Å²) in [6, 6.07) is 8.08. The Bertz CT molecular complexity index is 454. The molecular formula is C11H10ClN3. The second kappa shape index (κ2) is 4.36. The Kier molecular flexibility index (Phi) is 2.92. The molecule has 0 saturated heterocycles. The average Bonchev–Trinajstić information content (AvgIpc) is 2.30. The quantitative estimate of drug-likeness (QED) is 0.780. The van der Waals surface area contributed by atoms with E-state index < -0.39 is 0 Å². The maximum atomic E-state index is 5.92. The van der Waals surface area contributed by atoms with Crippen molar-refractivity contribution >= 4 is 11.6 Å². The monoisotopic (exact) mass is 219 g/mol. The molecule has 0 atom stereocenters. The van der Waals surface area contributed by atoms with Crippen molar-refractivity contribution in [3.8, 4) is 11.3 Å². The molecule has 0 bridgehead atoms. The van der Waals surface area contributed by atoms with Crippen molar-refractivity contribution in [3.05, 3.63) is 41.3 Å². The molecule has 0 radical (unpaired) electrons. The van der Waals surface area contributed by atoms with E-state index in [0.29, 0.717) is 10.8 Å². The first-order chi connectivity index (χ1) is 7.31. The summed E-state index contributed by atoms with van der Waals surface area (Å²) in [5, 5.41) is 8.06. The van der Waals surface area contributed by atoms with Crippen LogP contribution in [0, 0.1) is 0 Å². The van der Waals surface area contributed by atoms with Crippen LogP contribution in [0.25, 0.3) is 11.3 Å². The molecule has 0 unspecified atom stereocenters. The molecule has 2 rings (SSSR count). The zero-order chi connectivity index (χ0) is 10.7. The number of aromatic nitrogens is 3. The maximum absolute atomic E-state index is 5.92. The first-order valence-corrected chi connectivity index (χ1v) is 5.11. The summed E-state index contributed by atoms with van der Waals surface area (Å²) in [7, 11) is 0. The molecule has 0 aliphatic heterocycles. The molecule has 0 amide bonds. The van der Waals surface area contributed by atoms with Crippen LogP contribution in [0.3, 0.4) is 0 Å². The van der Waals surface area contributed by atoms with Crippen molar-refractivity contribution in [2.75, 3.05) is 0 Å². The minimum atomic E-state index is 0.384. The van der Waals surface area contributed by atoms with E-state index in [0.717, 1.165) is 12.0 Å². The Balaban J connectivity index is 2.42. The molecule has 76 valence electrons. The number of hydrogen-bond donors (Lipinski definition) is 0. The van der Waals surface area contributed by atoms with Crippen molar-refractivity contribution in [2.24, 2.45) is 0 Å². The molecule has 1 heterocycles. The summed E-state index contributed by atoms with van der Waals surface area (Å²) in [6.07, 6.45) is 2.36. The third-order valence-corrected chi connectivity index (χ3v) is 2.49. The largest absolute Gasteiger partial charge is 0.220 e. The highest BCUT2D eigenvalue weighted by Gasteiger charge is 2.05. The molecular weight excluding hydrogens is 210 g/mol. The molecule has 0 aliphatic rings. The van der Waals surface area contributed by atoms with E-state index in [4.69, 9.17) is 11.6 Å². The zero-order valence-electron chi connectivity index (χ0n) is 8.31. The average molecular weight is 220 g/mol. The molecule has 2 aromatic rings. The van der Waals surface area contributed by atoms with Gasteiger partial charge in [-0.05, 0) is 12.0 Å². The van der Waals surface area contributed by atoms with Gasteiger partial charge in [-0.25, -0.2) is 4.98 Å². The number of hydrogen-bond acceptors (Lipinski definition) is 3. The molecule has 0 saturated carbocycles. The second-order valence-electron chi connectivity index (χ2n) is 3.15. The van der Waals surface area contributed by atoms with E-state index in [1.807, 2.05) is 12.1 Å². The standard InChI is InChI=1S/C11H10ClN3/c1-2-8-3-5-9(6-4-8)10-11(12)13-7-14-15-10/h3-7H,2H2,1H3. The first-order valence-electron chi connectivity index (χ1n) is 4.73. The predicted octanol–water partition coefficient (Wildman–Crippen LogP) is 2.75. The summed E-state index contributed by atoms with van der Waals surface area (Å²) in [5.74, 6) is 0. The Labute approximate surface area is 93.1 Å². The van der Waals surface area contributed by atoms with Gasteiger partial charge < -0.3 is 0 Å². The lowest BCUT2D eigenvalue weighted by Gasteiger charge is -2.02. The van der Waals surface area contributed by atoms with Crippen LogP contribution in [0.5, 0.6) is 0 Å². The van der Waals surface area contributed by atoms with Crippen LogP contribution in [-0.4, -0.2) is 15.2 Å². The number of aryl methyl sites for hydroxylation is 1. The fourth-order valence-corrected chi connectivity index (χ4v) is 1.53. The third kappa shape index (κ3) is 2.13. The predicted molar refractivity (Wildman–Crippen MR) is 59.7 cm³/mol. The van der Waals surface area contributed by atoms with Crippen molar-refractivity contribution in [1.29, 1.82) is 0 Å². The fraction of sp³-hybridized carbons (Fsp3) is 0.182. The first kappa shape index (κ1) is 10.1. The van der Waals surface area contributed by atoms with Gasteiger partial charge in [0, 0.05) is 5.56 Å². The lowest BCUT2D eigenvalue weighted by Crippen LogP contribution is -1.91. The lowest BCUT2D eigenvalue weighted by atomic mass is 10.1. The van der Waals surface area contributed by atoms with Gasteiger partial charge in [0.2, 0.25) is 0 Å². The van der Waals surface area contributed by atoms with E-state index in [1.165, 1.54) is 11.9 Å².